The molecule has 3 aromatic heterocycles. The molecule has 0 atom stereocenters. The molecule has 8 heteroatoms. The van der Waals surface area contributed by atoms with Gasteiger partial charge in [0.05, 0.1) is 10.6 Å². The molecule has 0 aliphatic rings. The number of H-pyrrole nitrogens is 1. The van der Waals surface area contributed by atoms with Gasteiger partial charge in [-0.1, -0.05) is 66.7 Å². The Morgan fingerprint density at radius 1 is 0.947 bits per heavy atom. The van der Waals surface area contributed by atoms with Gasteiger partial charge in [-0.25, -0.2) is 4.98 Å². The fraction of sp³-hybridized carbons (Fsp3) is 0.0667. The van der Waals surface area contributed by atoms with Crippen LogP contribution in [0.15, 0.2) is 101 Å². The lowest BCUT2D eigenvalue weighted by Crippen LogP contribution is -2.22. The van der Waals surface area contributed by atoms with E-state index < -0.39 is 0 Å². The molecule has 0 aliphatic carbocycles. The SMILES string of the molecule is Cc1nc(-n2nc(-c3cccs3)cc2NC(=O)c2ccc3ccccc3c2)[nH]c(=O)c1Cc1ccccc1. The Morgan fingerprint density at radius 2 is 1.74 bits per heavy atom. The van der Waals surface area contributed by atoms with Gasteiger partial charge in [-0.15, -0.1) is 11.3 Å². The van der Waals surface area contributed by atoms with E-state index in [1.54, 1.807) is 12.1 Å². The number of carbonyl (C=O) groups excluding carboxylic acids is 1. The van der Waals surface area contributed by atoms with Crippen molar-refractivity contribution >= 4 is 33.8 Å². The Labute approximate surface area is 222 Å². The van der Waals surface area contributed by atoms with Crippen LogP contribution < -0.4 is 10.9 Å². The molecule has 0 saturated heterocycles. The first-order chi connectivity index (χ1) is 18.5. The highest BCUT2D eigenvalue weighted by Gasteiger charge is 2.19. The van der Waals surface area contributed by atoms with Crippen LogP contribution in [-0.4, -0.2) is 25.7 Å². The summed E-state index contributed by atoms with van der Waals surface area (Å²) in [7, 11) is 0. The van der Waals surface area contributed by atoms with Gasteiger partial charge in [0, 0.05) is 23.6 Å². The van der Waals surface area contributed by atoms with Gasteiger partial charge in [0.1, 0.15) is 11.5 Å². The van der Waals surface area contributed by atoms with E-state index in [-0.39, 0.29) is 17.4 Å². The van der Waals surface area contributed by atoms with Crippen LogP contribution in [0.2, 0.25) is 0 Å². The predicted octanol–water partition coefficient (Wildman–Crippen LogP) is 5.99. The molecule has 0 fully saturated rings. The van der Waals surface area contributed by atoms with E-state index >= 15 is 0 Å². The maximum absolute atomic E-state index is 13.3. The van der Waals surface area contributed by atoms with Crippen molar-refractivity contribution in [1.82, 2.24) is 19.7 Å². The third kappa shape index (κ3) is 4.65. The number of aromatic nitrogens is 4. The minimum atomic E-state index is -0.283. The Bertz CT molecular complexity index is 1820. The van der Waals surface area contributed by atoms with Crippen LogP contribution in [0, 0.1) is 6.92 Å². The van der Waals surface area contributed by atoms with E-state index in [4.69, 9.17) is 5.10 Å². The van der Waals surface area contributed by atoms with Crippen LogP contribution in [0.1, 0.15) is 27.2 Å². The summed E-state index contributed by atoms with van der Waals surface area (Å²) in [6, 6.07) is 28.9. The zero-order chi connectivity index (χ0) is 26.1. The van der Waals surface area contributed by atoms with Crippen molar-refractivity contribution in [3.63, 3.8) is 0 Å². The topological polar surface area (TPSA) is 92.7 Å². The Hall–Kier alpha value is -4.82. The van der Waals surface area contributed by atoms with E-state index in [1.807, 2.05) is 91.2 Å². The number of nitrogens with zero attached hydrogens (tertiary/aromatic N) is 3. The summed E-state index contributed by atoms with van der Waals surface area (Å²) in [6.07, 6.45) is 0.473. The molecular weight excluding hydrogens is 494 g/mol. The minimum Gasteiger partial charge on any atom is -0.306 e. The highest BCUT2D eigenvalue weighted by atomic mass is 32.1. The summed E-state index contributed by atoms with van der Waals surface area (Å²) in [5.41, 5.74) is 3.17. The number of nitrogens with one attached hydrogen (secondary N) is 2. The van der Waals surface area contributed by atoms with Gasteiger partial charge in [0.25, 0.3) is 11.5 Å². The van der Waals surface area contributed by atoms with E-state index in [9.17, 15) is 9.59 Å². The van der Waals surface area contributed by atoms with Crippen LogP contribution in [0.3, 0.4) is 0 Å². The molecule has 0 radical (unpaired) electrons. The molecule has 0 spiro atoms. The van der Waals surface area contributed by atoms with Crippen molar-refractivity contribution in [1.29, 1.82) is 0 Å². The molecule has 1 amide bonds. The number of hydrogen-bond donors (Lipinski definition) is 2. The predicted molar refractivity (Wildman–Crippen MR) is 151 cm³/mol. The van der Waals surface area contributed by atoms with Crippen LogP contribution in [-0.2, 0) is 6.42 Å². The first-order valence-corrected chi connectivity index (χ1v) is 13.0. The maximum Gasteiger partial charge on any atom is 0.256 e. The zero-order valence-electron chi connectivity index (χ0n) is 20.5. The van der Waals surface area contributed by atoms with Crippen LogP contribution in [0.5, 0.6) is 0 Å². The van der Waals surface area contributed by atoms with Crippen LogP contribution >= 0.6 is 11.3 Å². The van der Waals surface area contributed by atoms with Crippen LogP contribution in [0.25, 0.3) is 27.3 Å². The van der Waals surface area contributed by atoms with Crippen molar-refractivity contribution in [3.8, 4) is 16.5 Å². The third-order valence-corrected chi connectivity index (χ3v) is 7.26. The van der Waals surface area contributed by atoms with Crippen LogP contribution in [0.4, 0.5) is 5.82 Å². The molecule has 3 heterocycles. The monoisotopic (exact) mass is 517 g/mol. The van der Waals surface area contributed by atoms with E-state index in [0.29, 0.717) is 34.8 Å². The zero-order valence-corrected chi connectivity index (χ0v) is 21.3. The summed E-state index contributed by atoms with van der Waals surface area (Å²) in [4.78, 5) is 34.9. The number of fused-ring (bicyclic) bond motifs is 1. The Balaban J connectivity index is 1.38. The van der Waals surface area contributed by atoms with Crippen molar-refractivity contribution in [3.05, 3.63) is 129 Å². The molecular formula is C30H23N5O2S. The van der Waals surface area contributed by atoms with Crippen molar-refractivity contribution in [2.75, 3.05) is 5.32 Å². The second kappa shape index (κ2) is 9.91. The van der Waals surface area contributed by atoms with Gasteiger partial charge in [0.15, 0.2) is 0 Å². The first-order valence-electron chi connectivity index (χ1n) is 12.1. The van der Waals surface area contributed by atoms with E-state index in [1.165, 1.54) is 16.0 Å². The number of rotatable bonds is 6. The standard InChI is InChI=1S/C30H23N5O2S/c1-19-24(16-20-8-3-2-4-9-20)29(37)33-30(31-19)35-27(18-25(34-35)26-12-7-15-38-26)32-28(36)23-14-13-21-10-5-6-11-22(21)17-23/h2-15,17-18H,16H2,1H3,(H,32,36)(H,31,33,37). The first kappa shape index (κ1) is 23.6. The molecule has 38 heavy (non-hydrogen) atoms. The third-order valence-electron chi connectivity index (χ3n) is 6.37. The average molecular weight is 518 g/mol. The van der Waals surface area contributed by atoms with Crippen molar-refractivity contribution in [2.24, 2.45) is 0 Å². The molecule has 6 aromatic rings. The summed E-state index contributed by atoms with van der Waals surface area (Å²) in [5, 5.41) is 11.7. The number of carbonyl (C=O) groups is 1. The minimum absolute atomic E-state index is 0.237. The summed E-state index contributed by atoms with van der Waals surface area (Å²) in [6.45, 7) is 1.81. The number of benzene rings is 3. The second-order valence-electron chi connectivity index (χ2n) is 8.94. The summed E-state index contributed by atoms with van der Waals surface area (Å²) >= 11 is 1.54. The molecule has 0 aliphatic heterocycles. The molecule has 186 valence electrons. The number of hydrogen-bond acceptors (Lipinski definition) is 5. The quantitative estimate of drug-likeness (QED) is 0.284. The molecule has 0 saturated carbocycles. The number of anilines is 1. The fourth-order valence-corrected chi connectivity index (χ4v) is 5.08. The molecule has 6 rings (SSSR count). The normalized spacial score (nSPS) is 11.1. The molecule has 7 nitrogen and oxygen atoms in total. The van der Waals surface area contributed by atoms with Gasteiger partial charge in [0.2, 0.25) is 5.95 Å². The molecule has 0 unspecified atom stereocenters. The highest BCUT2D eigenvalue weighted by molar-refractivity contribution is 7.13. The lowest BCUT2D eigenvalue weighted by atomic mass is 10.1. The van der Waals surface area contributed by atoms with Gasteiger partial charge in [-0.05, 0) is 46.8 Å². The summed E-state index contributed by atoms with van der Waals surface area (Å²) in [5.74, 6) is 0.361. The lowest BCUT2D eigenvalue weighted by Gasteiger charge is -2.11. The van der Waals surface area contributed by atoms with Gasteiger partial charge in [-0.2, -0.15) is 9.78 Å². The number of aryl methyl sites for hydroxylation is 1. The summed E-state index contributed by atoms with van der Waals surface area (Å²) < 4.78 is 1.48. The smallest absolute Gasteiger partial charge is 0.256 e. The van der Waals surface area contributed by atoms with Crippen molar-refractivity contribution in [2.45, 2.75) is 13.3 Å². The maximum atomic E-state index is 13.3. The second-order valence-corrected chi connectivity index (χ2v) is 9.88. The number of thiophene rings is 1. The Morgan fingerprint density at radius 3 is 2.50 bits per heavy atom. The molecule has 3 aromatic carbocycles. The Kier molecular flexibility index (Phi) is 6.15. The van der Waals surface area contributed by atoms with Gasteiger partial charge in [-0.3, -0.25) is 14.6 Å². The largest absolute Gasteiger partial charge is 0.306 e. The highest BCUT2D eigenvalue weighted by Crippen LogP contribution is 2.28. The molecule has 2 N–H and O–H groups in total. The van der Waals surface area contributed by atoms with Crippen molar-refractivity contribution < 1.29 is 4.79 Å². The van der Waals surface area contributed by atoms with Gasteiger partial charge < -0.3 is 5.32 Å². The number of amides is 1. The lowest BCUT2D eigenvalue weighted by molar-refractivity contribution is 0.102. The fourth-order valence-electron chi connectivity index (χ4n) is 4.40. The number of aromatic amines is 1. The van der Waals surface area contributed by atoms with E-state index in [2.05, 4.69) is 15.3 Å². The average Bonchev–Trinajstić information content (AvgIpc) is 3.61. The molecule has 0 bridgehead atoms. The van der Waals surface area contributed by atoms with E-state index in [0.717, 1.165) is 21.2 Å². The van der Waals surface area contributed by atoms with Gasteiger partial charge >= 0.3 is 0 Å².